The normalized spacial score (nSPS) is 11.7. The van der Waals surface area contributed by atoms with E-state index >= 15 is 0 Å². The lowest BCUT2D eigenvalue weighted by atomic mass is 10.0. The Morgan fingerprint density at radius 1 is 0.778 bits per heavy atom. The Hall–Kier alpha value is -2.98. The second-order valence-corrected chi connectivity index (χ2v) is 7.51. The first-order valence-electron chi connectivity index (χ1n) is 9.01. The van der Waals surface area contributed by atoms with Crippen LogP contribution >= 0.6 is 11.3 Å². The zero-order valence-electron chi connectivity index (χ0n) is 15.2. The molecule has 0 aliphatic heterocycles. The smallest absolute Gasteiger partial charge is 0.211 e. The topological polar surface area (TPSA) is 29.6 Å². The molecule has 0 saturated carbocycles. The highest BCUT2D eigenvalue weighted by Gasteiger charge is 2.05. The lowest BCUT2D eigenvalue weighted by Gasteiger charge is -2.05. The second kappa shape index (κ2) is 8.14. The van der Waals surface area contributed by atoms with Crippen molar-refractivity contribution >= 4 is 27.3 Å². The number of nitrogens with zero attached hydrogens (tertiary/aromatic N) is 3. The van der Waals surface area contributed by atoms with Gasteiger partial charge in [-0.1, -0.05) is 84.1 Å². The Balaban J connectivity index is 1.71. The molecule has 4 rings (SSSR count). The van der Waals surface area contributed by atoms with Gasteiger partial charge in [-0.3, -0.25) is 0 Å². The van der Waals surface area contributed by atoms with E-state index in [2.05, 4.69) is 87.6 Å². The summed E-state index contributed by atoms with van der Waals surface area (Å²) in [7, 11) is 2.04. The quantitative estimate of drug-likeness (QED) is 0.350. The van der Waals surface area contributed by atoms with Gasteiger partial charge in [0, 0.05) is 25.6 Å². The summed E-state index contributed by atoms with van der Waals surface area (Å²) in [5.41, 5.74) is 4.75. The number of fused-ring (bicyclic) bond motifs is 1. The van der Waals surface area contributed by atoms with Crippen molar-refractivity contribution in [1.29, 1.82) is 0 Å². The minimum Gasteiger partial charge on any atom is -0.318 e. The van der Waals surface area contributed by atoms with Gasteiger partial charge in [0.2, 0.25) is 4.80 Å². The first-order valence-corrected chi connectivity index (χ1v) is 9.83. The second-order valence-electron chi connectivity index (χ2n) is 6.50. The molecule has 134 valence electrons. The van der Waals surface area contributed by atoms with Crippen molar-refractivity contribution in [1.82, 2.24) is 4.57 Å². The van der Waals surface area contributed by atoms with Gasteiger partial charge >= 0.3 is 0 Å². The summed E-state index contributed by atoms with van der Waals surface area (Å²) in [5, 5.41) is 9.28. The van der Waals surface area contributed by atoms with Crippen molar-refractivity contribution in [3.05, 3.63) is 101 Å². The molecule has 0 amide bonds. The predicted molar refractivity (Wildman–Crippen MR) is 114 cm³/mol. The SMILES string of the molecule is Cn1c(=NN=C(Cc2ccccc2)Cc2ccccc2)sc2ccccc21. The summed E-state index contributed by atoms with van der Waals surface area (Å²) in [6.45, 7) is 0. The van der Waals surface area contributed by atoms with Crippen LogP contribution in [0.3, 0.4) is 0 Å². The molecule has 0 saturated heterocycles. The largest absolute Gasteiger partial charge is 0.318 e. The third kappa shape index (κ3) is 4.23. The zero-order valence-corrected chi connectivity index (χ0v) is 16.1. The molecule has 4 aromatic rings. The Bertz CT molecular complexity index is 1080. The van der Waals surface area contributed by atoms with Crippen LogP contribution in [0.2, 0.25) is 0 Å². The summed E-state index contributed by atoms with van der Waals surface area (Å²) >= 11 is 1.67. The molecule has 0 spiro atoms. The van der Waals surface area contributed by atoms with Gasteiger partial charge in [0.15, 0.2) is 0 Å². The standard InChI is InChI=1S/C23H21N3S/c1-26-21-14-8-9-15-22(21)27-23(26)25-24-20(16-18-10-4-2-5-11-18)17-19-12-6-3-7-13-19/h2-15H,16-17H2,1H3. The van der Waals surface area contributed by atoms with Gasteiger partial charge in [-0.2, -0.15) is 5.10 Å². The molecule has 0 radical (unpaired) electrons. The fourth-order valence-corrected chi connectivity index (χ4v) is 4.06. The number of thiazole rings is 1. The van der Waals surface area contributed by atoms with Gasteiger partial charge in [0.05, 0.1) is 10.2 Å². The maximum atomic E-state index is 4.67. The lowest BCUT2D eigenvalue weighted by molar-refractivity contribution is 0.885. The highest BCUT2D eigenvalue weighted by molar-refractivity contribution is 7.16. The van der Waals surface area contributed by atoms with Crippen LogP contribution in [0.1, 0.15) is 11.1 Å². The molecule has 0 N–H and O–H groups in total. The van der Waals surface area contributed by atoms with Gasteiger partial charge in [-0.25, -0.2) is 0 Å². The van der Waals surface area contributed by atoms with Crippen LogP contribution in [0, 0.1) is 0 Å². The molecule has 0 aliphatic carbocycles. The van der Waals surface area contributed by atoms with E-state index in [1.54, 1.807) is 11.3 Å². The molecule has 27 heavy (non-hydrogen) atoms. The van der Waals surface area contributed by atoms with Gasteiger partial charge in [0.25, 0.3) is 0 Å². The number of rotatable bonds is 5. The highest BCUT2D eigenvalue weighted by atomic mass is 32.1. The highest BCUT2D eigenvalue weighted by Crippen LogP contribution is 2.15. The Kier molecular flexibility index (Phi) is 5.26. The Labute approximate surface area is 163 Å². The van der Waals surface area contributed by atoms with Crippen LogP contribution in [-0.4, -0.2) is 10.3 Å². The van der Waals surface area contributed by atoms with Crippen LogP contribution in [0.25, 0.3) is 10.2 Å². The average molecular weight is 372 g/mol. The summed E-state index contributed by atoms with van der Waals surface area (Å²) in [6.07, 6.45) is 1.60. The number of hydrogen-bond acceptors (Lipinski definition) is 3. The molecule has 0 atom stereocenters. The summed E-state index contributed by atoms with van der Waals surface area (Å²) < 4.78 is 3.33. The monoisotopic (exact) mass is 371 g/mol. The van der Waals surface area contributed by atoms with E-state index < -0.39 is 0 Å². The number of hydrogen-bond donors (Lipinski definition) is 0. The van der Waals surface area contributed by atoms with E-state index in [1.807, 2.05) is 19.2 Å². The maximum Gasteiger partial charge on any atom is 0.211 e. The van der Waals surface area contributed by atoms with Crippen LogP contribution in [0.15, 0.2) is 95.1 Å². The van der Waals surface area contributed by atoms with Crippen molar-refractivity contribution in [2.75, 3.05) is 0 Å². The van der Waals surface area contributed by atoms with Crippen molar-refractivity contribution in [2.45, 2.75) is 12.8 Å². The lowest BCUT2D eigenvalue weighted by Crippen LogP contribution is -2.11. The first kappa shape index (κ1) is 17.4. The number of aryl methyl sites for hydroxylation is 1. The molecule has 0 fully saturated rings. The predicted octanol–water partition coefficient (Wildman–Crippen LogP) is 4.98. The number of aromatic nitrogens is 1. The fourth-order valence-electron chi connectivity index (χ4n) is 3.09. The molecule has 3 nitrogen and oxygen atoms in total. The zero-order chi connectivity index (χ0) is 18.5. The number of para-hydroxylation sites is 1. The maximum absolute atomic E-state index is 4.67. The van der Waals surface area contributed by atoms with E-state index in [0.29, 0.717) is 0 Å². The molecule has 0 bridgehead atoms. The molecule has 0 unspecified atom stereocenters. The van der Waals surface area contributed by atoms with Crippen molar-refractivity contribution < 1.29 is 0 Å². The third-order valence-electron chi connectivity index (χ3n) is 4.49. The van der Waals surface area contributed by atoms with Crippen LogP contribution in [0.4, 0.5) is 0 Å². The summed E-state index contributed by atoms with van der Waals surface area (Å²) in [6, 6.07) is 29.3. The summed E-state index contributed by atoms with van der Waals surface area (Å²) in [5.74, 6) is 0. The van der Waals surface area contributed by atoms with E-state index in [9.17, 15) is 0 Å². The van der Waals surface area contributed by atoms with Crippen molar-refractivity contribution in [3.8, 4) is 0 Å². The molecule has 0 aliphatic rings. The molecular weight excluding hydrogens is 350 g/mol. The van der Waals surface area contributed by atoms with Crippen molar-refractivity contribution in [3.63, 3.8) is 0 Å². The number of benzene rings is 3. The minimum atomic E-state index is 0.799. The molecule has 3 aromatic carbocycles. The van der Waals surface area contributed by atoms with Crippen molar-refractivity contribution in [2.24, 2.45) is 17.3 Å². The van der Waals surface area contributed by atoms with E-state index in [0.717, 1.165) is 23.4 Å². The van der Waals surface area contributed by atoms with Crippen LogP contribution in [-0.2, 0) is 19.9 Å². The molecule has 1 aromatic heterocycles. The van der Waals surface area contributed by atoms with Gasteiger partial charge in [-0.15, -0.1) is 5.10 Å². The van der Waals surface area contributed by atoms with Crippen LogP contribution < -0.4 is 4.80 Å². The molecular formula is C23H21N3S. The van der Waals surface area contributed by atoms with Crippen LogP contribution in [0.5, 0.6) is 0 Å². The van der Waals surface area contributed by atoms with E-state index in [-0.39, 0.29) is 0 Å². The molecule has 4 heteroatoms. The Morgan fingerprint density at radius 2 is 1.33 bits per heavy atom. The third-order valence-corrected chi connectivity index (χ3v) is 5.60. The van der Waals surface area contributed by atoms with Gasteiger partial charge in [-0.05, 0) is 23.3 Å². The Morgan fingerprint density at radius 3 is 1.93 bits per heavy atom. The van der Waals surface area contributed by atoms with Gasteiger partial charge in [0.1, 0.15) is 0 Å². The minimum absolute atomic E-state index is 0.799. The summed E-state index contributed by atoms with van der Waals surface area (Å²) in [4.78, 5) is 0.912. The van der Waals surface area contributed by atoms with E-state index in [1.165, 1.54) is 21.3 Å². The van der Waals surface area contributed by atoms with Gasteiger partial charge < -0.3 is 4.57 Å². The fraction of sp³-hybridized carbons (Fsp3) is 0.130. The molecule has 1 heterocycles. The van der Waals surface area contributed by atoms with E-state index in [4.69, 9.17) is 0 Å². The average Bonchev–Trinajstić information content (AvgIpc) is 3.04. The first-order chi connectivity index (χ1) is 13.3.